The number of aromatic nitrogens is 1. The molecule has 1 aromatic carbocycles. The molecule has 1 N–H and O–H groups in total. The van der Waals surface area contributed by atoms with Crippen molar-refractivity contribution >= 4 is 17.9 Å². The number of pyridine rings is 1. The average Bonchev–Trinajstić information content (AvgIpc) is 2.78. The molecule has 1 saturated heterocycles. The Bertz CT molecular complexity index is 843. The molecule has 29 heavy (non-hydrogen) atoms. The van der Waals surface area contributed by atoms with Crippen LogP contribution in [0.25, 0.3) is 6.08 Å². The predicted octanol–water partition coefficient (Wildman–Crippen LogP) is 2.69. The molecule has 1 aliphatic heterocycles. The van der Waals surface area contributed by atoms with Gasteiger partial charge < -0.3 is 10.2 Å². The molecule has 2 aromatic rings. The highest BCUT2D eigenvalue weighted by Crippen LogP contribution is 2.09. The monoisotopic (exact) mass is 392 g/mol. The molecule has 1 aliphatic rings. The van der Waals surface area contributed by atoms with Crippen molar-refractivity contribution in [2.75, 3.05) is 39.3 Å². The summed E-state index contributed by atoms with van der Waals surface area (Å²) in [5, 5.41) is 2.79. The molecular formula is C23H28N4O2. The third-order valence-corrected chi connectivity index (χ3v) is 4.87. The first-order valence-electron chi connectivity index (χ1n) is 10.2. The van der Waals surface area contributed by atoms with Gasteiger partial charge in [-0.25, -0.2) is 4.98 Å². The van der Waals surface area contributed by atoms with E-state index in [4.69, 9.17) is 0 Å². The molecule has 152 valence electrons. The Morgan fingerprint density at radius 1 is 1.00 bits per heavy atom. The normalized spacial score (nSPS) is 14.9. The summed E-state index contributed by atoms with van der Waals surface area (Å²) in [6, 6.07) is 15.3. The van der Waals surface area contributed by atoms with E-state index < -0.39 is 0 Å². The van der Waals surface area contributed by atoms with Crippen LogP contribution in [0.4, 0.5) is 0 Å². The maximum Gasteiger partial charge on any atom is 0.272 e. The summed E-state index contributed by atoms with van der Waals surface area (Å²) >= 11 is 0. The highest BCUT2D eigenvalue weighted by Gasteiger charge is 2.23. The molecule has 0 atom stereocenters. The van der Waals surface area contributed by atoms with E-state index in [1.807, 2.05) is 30.0 Å². The fraction of sp³-hybridized carbons (Fsp3) is 0.348. The minimum Gasteiger partial charge on any atom is -0.351 e. The van der Waals surface area contributed by atoms with Gasteiger partial charge in [0, 0.05) is 39.3 Å². The molecule has 3 rings (SSSR count). The summed E-state index contributed by atoms with van der Waals surface area (Å²) in [6.45, 7) is 6.41. The molecule has 2 amide bonds. The number of amides is 2. The Hall–Kier alpha value is -2.99. The molecule has 0 spiro atoms. The minimum atomic E-state index is -0.239. The molecule has 1 aromatic heterocycles. The molecule has 6 heteroatoms. The average molecular weight is 393 g/mol. The van der Waals surface area contributed by atoms with Gasteiger partial charge in [0.1, 0.15) is 11.4 Å². The van der Waals surface area contributed by atoms with Crippen molar-refractivity contribution in [3.8, 4) is 0 Å². The van der Waals surface area contributed by atoms with Crippen LogP contribution in [0.2, 0.25) is 0 Å². The van der Waals surface area contributed by atoms with E-state index in [9.17, 15) is 9.59 Å². The number of piperazine rings is 1. The minimum absolute atomic E-state index is 0.116. The number of carbonyl (C=O) groups excluding carboxylic acids is 2. The highest BCUT2D eigenvalue weighted by atomic mass is 16.2. The molecular weight excluding hydrogens is 364 g/mol. The summed E-state index contributed by atoms with van der Waals surface area (Å²) in [5.41, 5.74) is 1.80. The molecule has 6 nitrogen and oxygen atoms in total. The Labute approximate surface area is 172 Å². The lowest BCUT2D eigenvalue weighted by atomic mass is 10.2. The Morgan fingerprint density at radius 3 is 2.45 bits per heavy atom. The lowest BCUT2D eigenvalue weighted by molar-refractivity contribution is 0.0644. The van der Waals surface area contributed by atoms with Crippen molar-refractivity contribution < 1.29 is 9.59 Å². The smallest absolute Gasteiger partial charge is 0.272 e. The first-order chi connectivity index (χ1) is 14.2. The summed E-state index contributed by atoms with van der Waals surface area (Å²) < 4.78 is 0. The summed E-state index contributed by atoms with van der Waals surface area (Å²) in [7, 11) is 0. The number of carbonyl (C=O) groups is 2. The number of nitrogens with zero attached hydrogens (tertiary/aromatic N) is 3. The van der Waals surface area contributed by atoms with E-state index in [1.165, 1.54) is 5.56 Å². The van der Waals surface area contributed by atoms with E-state index in [-0.39, 0.29) is 17.5 Å². The van der Waals surface area contributed by atoms with Crippen molar-refractivity contribution in [2.24, 2.45) is 0 Å². The summed E-state index contributed by atoms with van der Waals surface area (Å²) in [5.74, 6) is -0.355. The fourth-order valence-corrected chi connectivity index (χ4v) is 3.21. The van der Waals surface area contributed by atoms with Gasteiger partial charge in [0.2, 0.25) is 0 Å². The van der Waals surface area contributed by atoms with Crippen LogP contribution in [0.3, 0.4) is 0 Å². The number of nitrogens with one attached hydrogen (secondary N) is 1. The van der Waals surface area contributed by atoms with Gasteiger partial charge in [0.15, 0.2) is 0 Å². The van der Waals surface area contributed by atoms with E-state index in [1.54, 1.807) is 18.2 Å². The zero-order chi connectivity index (χ0) is 20.5. The largest absolute Gasteiger partial charge is 0.351 e. The molecule has 1 fully saturated rings. The van der Waals surface area contributed by atoms with Gasteiger partial charge in [-0.2, -0.15) is 0 Å². The van der Waals surface area contributed by atoms with E-state index in [0.717, 1.165) is 26.1 Å². The summed E-state index contributed by atoms with van der Waals surface area (Å²) in [4.78, 5) is 33.3. The van der Waals surface area contributed by atoms with Crippen molar-refractivity contribution in [3.63, 3.8) is 0 Å². The first kappa shape index (κ1) is 20.7. The Balaban J connectivity index is 1.51. The van der Waals surface area contributed by atoms with Crippen molar-refractivity contribution in [1.29, 1.82) is 0 Å². The molecule has 0 saturated carbocycles. The van der Waals surface area contributed by atoms with Crippen LogP contribution in [0.1, 0.15) is 39.9 Å². The van der Waals surface area contributed by atoms with Crippen LogP contribution in [0.15, 0.2) is 54.6 Å². The van der Waals surface area contributed by atoms with Crippen LogP contribution in [0, 0.1) is 0 Å². The van der Waals surface area contributed by atoms with Crippen LogP contribution in [0.5, 0.6) is 0 Å². The highest BCUT2D eigenvalue weighted by molar-refractivity contribution is 5.96. The third-order valence-electron chi connectivity index (χ3n) is 4.87. The molecule has 0 radical (unpaired) electrons. The predicted molar refractivity (Wildman–Crippen MR) is 115 cm³/mol. The van der Waals surface area contributed by atoms with Crippen LogP contribution < -0.4 is 5.32 Å². The van der Waals surface area contributed by atoms with Gasteiger partial charge in [-0.3, -0.25) is 14.5 Å². The van der Waals surface area contributed by atoms with E-state index >= 15 is 0 Å². The van der Waals surface area contributed by atoms with Crippen LogP contribution in [-0.4, -0.2) is 65.9 Å². The second-order valence-corrected chi connectivity index (χ2v) is 7.07. The lowest BCUT2D eigenvalue weighted by Gasteiger charge is -2.34. The van der Waals surface area contributed by atoms with E-state index in [0.29, 0.717) is 25.3 Å². The van der Waals surface area contributed by atoms with Crippen molar-refractivity contribution in [1.82, 2.24) is 20.1 Å². The van der Waals surface area contributed by atoms with Gasteiger partial charge in [-0.1, -0.05) is 55.5 Å². The van der Waals surface area contributed by atoms with Gasteiger partial charge in [0.05, 0.1) is 0 Å². The Morgan fingerprint density at radius 2 is 1.72 bits per heavy atom. The standard InChI is InChI=1S/C23H28N4O2/c1-2-13-24-22(28)20-11-6-12-21(25-20)23(29)27-17-15-26(16-18-27)14-7-10-19-8-4-3-5-9-19/h3-12H,2,13-18H2,1H3,(H,24,28)/b10-7+. The number of hydrogen-bond donors (Lipinski definition) is 1. The maximum atomic E-state index is 12.8. The quantitative estimate of drug-likeness (QED) is 0.787. The third kappa shape index (κ3) is 5.99. The van der Waals surface area contributed by atoms with E-state index in [2.05, 4.69) is 39.5 Å². The molecule has 2 heterocycles. The van der Waals surface area contributed by atoms with Gasteiger partial charge in [-0.05, 0) is 24.1 Å². The number of hydrogen-bond acceptors (Lipinski definition) is 4. The second-order valence-electron chi connectivity index (χ2n) is 7.07. The van der Waals surface area contributed by atoms with Crippen molar-refractivity contribution in [2.45, 2.75) is 13.3 Å². The Kier molecular flexibility index (Phi) is 7.53. The topological polar surface area (TPSA) is 65.5 Å². The fourth-order valence-electron chi connectivity index (χ4n) is 3.21. The van der Waals surface area contributed by atoms with Crippen LogP contribution >= 0.6 is 0 Å². The zero-order valence-corrected chi connectivity index (χ0v) is 16.9. The lowest BCUT2D eigenvalue weighted by Crippen LogP contribution is -2.48. The number of rotatable bonds is 7. The molecule has 0 aliphatic carbocycles. The number of benzene rings is 1. The SMILES string of the molecule is CCCNC(=O)c1cccc(C(=O)N2CCN(C/C=C/c3ccccc3)CC2)n1. The van der Waals surface area contributed by atoms with Gasteiger partial charge in [0.25, 0.3) is 11.8 Å². The van der Waals surface area contributed by atoms with Gasteiger partial charge in [-0.15, -0.1) is 0 Å². The molecule has 0 bridgehead atoms. The summed E-state index contributed by atoms with van der Waals surface area (Å²) in [6.07, 6.45) is 5.14. The first-order valence-corrected chi connectivity index (χ1v) is 10.2. The van der Waals surface area contributed by atoms with Crippen LogP contribution in [-0.2, 0) is 0 Å². The zero-order valence-electron chi connectivity index (χ0n) is 16.9. The van der Waals surface area contributed by atoms with Gasteiger partial charge >= 0.3 is 0 Å². The maximum absolute atomic E-state index is 12.8. The molecule has 0 unspecified atom stereocenters. The second kappa shape index (κ2) is 10.5. The van der Waals surface area contributed by atoms with Crippen molar-refractivity contribution in [3.05, 3.63) is 71.6 Å².